The van der Waals surface area contributed by atoms with Crippen LogP contribution in [-0.2, 0) is 16.1 Å². The number of aliphatic imine (C=N–C) groups is 1. The molecule has 0 saturated heterocycles. The number of nitro groups is 1. The average molecular weight is 561 g/mol. The molecule has 1 aliphatic heterocycles. The van der Waals surface area contributed by atoms with Crippen LogP contribution in [0.1, 0.15) is 16.7 Å². The van der Waals surface area contributed by atoms with Gasteiger partial charge in [-0.15, -0.1) is 0 Å². The molecule has 0 aliphatic carbocycles. The third-order valence-electron chi connectivity index (χ3n) is 4.50. The third-order valence-corrected chi connectivity index (χ3v) is 5.50. The quantitative estimate of drug-likeness (QED) is 0.125. The lowest BCUT2D eigenvalue weighted by molar-refractivity contribution is -0.384. The lowest BCUT2D eigenvalue weighted by Gasteiger charge is -2.09. The van der Waals surface area contributed by atoms with Crippen LogP contribution in [-0.4, -0.2) is 16.8 Å². The Kier molecular flexibility index (Phi) is 6.52. The molecule has 3 aromatic carbocycles. The maximum Gasteiger partial charge on any atom is 0.363 e. The van der Waals surface area contributed by atoms with Crippen LogP contribution in [0.25, 0.3) is 6.08 Å². The number of para-hydroxylation sites is 1. The molecule has 1 heterocycles. The molecule has 0 unspecified atom stereocenters. The van der Waals surface area contributed by atoms with Gasteiger partial charge >= 0.3 is 5.97 Å². The van der Waals surface area contributed by atoms with E-state index in [4.69, 9.17) is 21.1 Å². The van der Waals surface area contributed by atoms with Gasteiger partial charge < -0.3 is 9.47 Å². The Hall–Kier alpha value is -3.24. The van der Waals surface area contributed by atoms with Gasteiger partial charge in [-0.25, -0.2) is 9.79 Å². The third kappa shape index (κ3) is 4.97. The van der Waals surface area contributed by atoms with E-state index in [0.29, 0.717) is 17.9 Å². The highest BCUT2D eigenvalue weighted by Gasteiger charge is 2.26. The van der Waals surface area contributed by atoms with E-state index in [1.807, 2.05) is 36.4 Å². The van der Waals surface area contributed by atoms with Gasteiger partial charge in [-0.1, -0.05) is 41.9 Å². The number of cyclic esters (lactones) is 1. The summed E-state index contributed by atoms with van der Waals surface area (Å²) in [5.41, 5.74) is 1.71. The molecule has 32 heavy (non-hydrogen) atoms. The number of benzene rings is 3. The van der Waals surface area contributed by atoms with Crippen molar-refractivity contribution in [2.75, 3.05) is 0 Å². The van der Waals surface area contributed by atoms with Crippen molar-refractivity contribution in [2.45, 2.75) is 6.61 Å². The summed E-state index contributed by atoms with van der Waals surface area (Å²) in [4.78, 5) is 27.1. The smallest absolute Gasteiger partial charge is 0.363 e. The van der Waals surface area contributed by atoms with Crippen molar-refractivity contribution in [1.82, 2.24) is 0 Å². The average Bonchev–Trinajstić information content (AvgIpc) is 3.13. The van der Waals surface area contributed by atoms with E-state index in [1.54, 1.807) is 18.2 Å². The summed E-state index contributed by atoms with van der Waals surface area (Å²) in [6.45, 7) is 0.366. The zero-order chi connectivity index (χ0) is 22.7. The standard InChI is InChI=1S/C23H14ClIN2O5/c24-18-9-8-16(12-20(18)27(29)30)22-26-19(23(28)32-22)11-15-5-1-2-7-21(15)31-13-14-4-3-6-17(25)10-14/h1-12H,13H2/b19-11-. The molecule has 0 bridgehead atoms. The summed E-state index contributed by atoms with van der Waals surface area (Å²) in [6.07, 6.45) is 1.56. The van der Waals surface area contributed by atoms with E-state index >= 15 is 0 Å². The zero-order valence-electron chi connectivity index (χ0n) is 16.3. The van der Waals surface area contributed by atoms with Crippen LogP contribution in [0.15, 0.2) is 77.4 Å². The number of carbonyl (C=O) groups excluding carboxylic acids is 1. The van der Waals surface area contributed by atoms with Gasteiger partial charge in [-0.3, -0.25) is 10.1 Å². The summed E-state index contributed by atoms with van der Waals surface area (Å²) in [5, 5.41) is 11.1. The Bertz CT molecular complexity index is 1290. The Morgan fingerprint density at radius 3 is 2.72 bits per heavy atom. The fourth-order valence-corrected chi connectivity index (χ4v) is 3.78. The van der Waals surface area contributed by atoms with Crippen molar-refractivity contribution >= 4 is 57.8 Å². The minimum Gasteiger partial charge on any atom is -0.488 e. The van der Waals surface area contributed by atoms with Crippen LogP contribution >= 0.6 is 34.2 Å². The molecule has 4 rings (SSSR count). The molecular formula is C23H14ClIN2O5. The second-order valence-electron chi connectivity index (χ2n) is 6.72. The van der Waals surface area contributed by atoms with Gasteiger partial charge in [0.25, 0.3) is 5.69 Å². The highest BCUT2D eigenvalue weighted by molar-refractivity contribution is 14.1. The fourth-order valence-electron chi connectivity index (χ4n) is 2.98. The van der Waals surface area contributed by atoms with Crippen molar-refractivity contribution in [3.63, 3.8) is 0 Å². The number of halogens is 2. The second-order valence-corrected chi connectivity index (χ2v) is 8.37. The van der Waals surface area contributed by atoms with Crippen molar-refractivity contribution in [3.05, 3.63) is 108 Å². The summed E-state index contributed by atoms with van der Waals surface area (Å²) in [5.74, 6) is -0.110. The molecule has 0 radical (unpaired) electrons. The molecule has 160 valence electrons. The SMILES string of the molecule is O=C1OC(c2ccc(Cl)c([N+](=O)[O-])c2)=N/C1=C\c1ccccc1OCc1cccc(I)c1. The van der Waals surface area contributed by atoms with Crippen LogP contribution < -0.4 is 4.74 Å². The number of carbonyl (C=O) groups is 1. The van der Waals surface area contributed by atoms with E-state index in [-0.39, 0.29) is 27.9 Å². The molecular weight excluding hydrogens is 547 g/mol. The molecule has 0 saturated carbocycles. The van der Waals surface area contributed by atoms with Crippen molar-refractivity contribution < 1.29 is 19.2 Å². The maximum absolute atomic E-state index is 12.4. The molecule has 1 aliphatic rings. The first-order valence-corrected chi connectivity index (χ1v) is 10.8. The first kappa shape index (κ1) is 22.0. The Balaban J connectivity index is 1.60. The normalized spacial score (nSPS) is 14.2. The molecule has 3 aromatic rings. The molecule has 0 aromatic heterocycles. The van der Waals surface area contributed by atoms with Gasteiger partial charge in [0, 0.05) is 20.8 Å². The highest BCUT2D eigenvalue weighted by atomic mass is 127. The number of hydrogen-bond acceptors (Lipinski definition) is 6. The second kappa shape index (κ2) is 9.49. The van der Waals surface area contributed by atoms with Crippen LogP contribution in [0.4, 0.5) is 5.69 Å². The molecule has 0 amide bonds. The Labute approximate surface area is 201 Å². The minimum atomic E-state index is -0.662. The summed E-state index contributed by atoms with van der Waals surface area (Å²) in [7, 11) is 0. The lowest BCUT2D eigenvalue weighted by atomic mass is 10.1. The molecule has 0 N–H and O–H groups in total. The molecule has 0 spiro atoms. The predicted molar refractivity (Wildman–Crippen MR) is 129 cm³/mol. The van der Waals surface area contributed by atoms with Crippen LogP contribution in [0, 0.1) is 13.7 Å². The van der Waals surface area contributed by atoms with Gasteiger partial charge in [0.15, 0.2) is 5.70 Å². The van der Waals surface area contributed by atoms with Crippen molar-refractivity contribution in [2.24, 2.45) is 4.99 Å². The number of ether oxygens (including phenoxy) is 2. The number of nitro benzene ring substituents is 1. The van der Waals surface area contributed by atoms with Crippen molar-refractivity contribution in [3.8, 4) is 5.75 Å². The molecule has 0 atom stereocenters. The molecule has 7 nitrogen and oxygen atoms in total. The topological polar surface area (TPSA) is 91.0 Å². The number of hydrogen-bond donors (Lipinski definition) is 0. The Morgan fingerprint density at radius 2 is 1.94 bits per heavy atom. The van der Waals surface area contributed by atoms with Gasteiger partial charge in [0.2, 0.25) is 5.90 Å². The van der Waals surface area contributed by atoms with E-state index in [0.717, 1.165) is 9.13 Å². The van der Waals surface area contributed by atoms with Crippen LogP contribution in [0.3, 0.4) is 0 Å². The van der Waals surface area contributed by atoms with E-state index < -0.39 is 10.9 Å². The number of rotatable bonds is 6. The minimum absolute atomic E-state index is 0.0152. The van der Waals surface area contributed by atoms with E-state index in [1.165, 1.54) is 18.2 Å². The first-order valence-electron chi connectivity index (χ1n) is 9.34. The van der Waals surface area contributed by atoms with Gasteiger partial charge in [0.05, 0.1) is 4.92 Å². The number of esters is 1. The zero-order valence-corrected chi connectivity index (χ0v) is 19.2. The maximum atomic E-state index is 12.4. The summed E-state index contributed by atoms with van der Waals surface area (Å²) in [6, 6.07) is 19.3. The predicted octanol–water partition coefficient (Wildman–Crippen LogP) is 5.78. The Morgan fingerprint density at radius 1 is 1.12 bits per heavy atom. The van der Waals surface area contributed by atoms with E-state index in [2.05, 4.69) is 27.6 Å². The van der Waals surface area contributed by atoms with Gasteiger partial charge in [-0.05, 0) is 64.6 Å². The van der Waals surface area contributed by atoms with E-state index in [9.17, 15) is 14.9 Å². The monoisotopic (exact) mass is 560 g/mol. The highest BCUT2D eigenvalue weighted by Crippen LogP contribution is 2.29. The summed E-state index contributed by atoms with van der Waals surface area (Å²) >= 11 is 8.09. The van der Waals surface area contributed by atoms with Gasteiger partial charge in [0.1, 0.15) is 17.4 Å². The fraction of sp³-hybridized carbons (Fsp3) is 0.0435. The van der Waals surface area contributed by atoms with Gasteiger partial charge in [-0.2, -0.15) is 0 Å². The number of nitrogens with zero attached hydrogens (tertiary/aromatic N) is 2. The van der Waals surface area contributed by atoms with Crippen molar-refractivity contribution in [1.29, 1.82) is 0 Å². The summed E-state index contributed by atoms with van der Waals surface area (Å²) < 4.78 is 12.3. The first-order chi connectivity index (χ1) is 15.4. The largest absolute Gasteiger partial charge is 0.488 e. The molecule has 9 heteroatoms. The molecule has 0 fully saturated rings. The van der Waals surface area contributed by atoms with Crippen LogP contribution in [0.5, 0.6) is 5.75 Å². The van der Waals surface area contributed by atoms with Crippen LogP contribution in [0.2, 0.25) is 5.02 Å². The lowest BCUT2D eigenvalue weighted by Crippen LogP contribution is -2.06.